The van der Waals surface area contributed by atoms with Crippen molar-refractivity contribution >= 4 is 29.2 Å². The smallest absolute Gasteiger partial charge is 0.312 e. The van der Waals surface area contributed by atoms with Gasteiger partial charge in [-0.1, -0.05) is 56.0 Å². The van der Waals surface area contributed by atoms with Gasteiger partial charge in [0.25, 0.3) is 0 Å². The summed E-state index contributed by atoms with van der Waals surface area (Å²) >= 11 is 6.08. The van der Waals surface area contributed by atoms with Crippen molar-refractivity contribution in [3.8, 4) is 0 Å². The van der Waals surface area contributed by atoms with E-state index in [2.05, 4.69) is 6.92 Å². The predicted molar refractivity (Wildman–Crippen MR) is 103 cm³/mol. The summed E-state index contributed by atoms with van der Waals surface area (Å²) < 4.78 is 11.6. The molecule has 2 fully saturated rings. The molecule has 0 saturated carbocycles. The summed E-state index contributed by atoms with van der Waals surface area (Å²) in [5, 5.41) is 0.568. The Morgan fingerprint density at radius 1 is 1.37 bits per heavy atom. The zero-order valence-electron chi connectivity index (χ0n) is 15.4. The maximum absolute atomic E-state index is 13.2. The van der Waals surface area contributed by atoms with Crippen molar-refractivity contribution in [2.24, 2.45) is 11.8 Å². The molecule has 144 valence electrons. The van der Waals surface area contributed by atoms with Crippen LogP contribution in [0, 0.1) is 11.8 Å². The van der Waals surface area contributed by atoms with Crippen molar-refractivity contribution in [2.75, 3.05) is 18.1 Å². The number of ether oxygens (including phenoxy) is 2. The summed E-state index contributed by atoms with van der Waals surface area (Å²) in [4.78, 5) is 27.6. The van der Waals surface area contributed by atoms with Crippen molar-refractivity contribution < 1.29 is 19.1 Å². The second-order valence-electron chi connectivity index (χ2n) is 7.53. The number of amides is 1. The molecule has 1 aromatic carbocycles. The molecule has 2 bridgehead atoms. The molecule has 0 radical (unpaired) electrons. The SMILES string of the molecule is CCCCCCOC(=O)[C@@H]1[C@H]2C(=O)N(c3cccc(Cl)c3)C[C@]23C=C[C@H]1O3. The number of hydrogen-bond donors (Lipinski definition) is 0. The zero-order chi connectivity index (χ0) is 19.0. The van der Waals surface area contributed by atoms with Crippen LogP contribution in [0.3, 0.4) is 0 Å². The molecule has 0 unspecified atom stereocenters. The van der Waals surface area contributed by atoms with Crippen LogP contribution in [0.25, 0.3) is 0 Å². The van der Waals surface area contributed by atoms with Gasteiger partial charge in [-0.2, -0.15) is 0 Å². The number of anilines is 1. The van der Waals surface area contributed by atoms with Gasteiger partial charge in [-0.3, -0.25) is 9.59 Å². The van der Waals surface area contributed by atoms with Crippen molar-refractivity contribution in [2.45, 2.75) is 44.3 Å². The van der Waals surface area contributed by atoms with E-state index in [0.29, 0.717) is 18.2 Å². The highest BCUT2D eigenvalue weighted by Crippen LogP contribution is 2.53. The van der Waals surface area contributed by atoms with E-state index in [4.69, 9.17) is 21.1 Å². The van der Waals surface area contributed by atoms with Crippen molar-refractivity contribution in [3.63, 3.8) is 0 Å². The van der Waals surface area contributed by atoms with Crippen LogP contribution >= 0.6 is 11.6 Å². The summed E-state index contributed by atoms with van der Waals surface area (Å²) in [6.45, 7) is 2.93. The topological polar surface area (TPSA) is 55.8 Å². The highest BCUT2D eigenvalue weighted by molar-refractivity contribution is 6.31. The molecule has 3 heterocycles. The molecule has 4 rings (SSSR count). The zero-order valence-corrected chi connectivity index (χ0v) is 16.2. The lowest BCUT2D eigenvalue weighted by Gasteiger charge is -2.22. The first-order valence-corrected chi connectivity index (χ1v) is 10.0. The first-order chi connectivity index (χ1) is 13.1. The Labute approximate surface area is 164 Å². The fourth-order valence-corrected chi connectivity index (χ4v) is 4.61. The minimum atomic E-state index is -0.740. The molecule has 0 N–H and O–H groups in total. The Balaban J connectivity index is 1.49. The minimum absolute atomic E-state index is 0.1000. The fourth-order valence-electron chi connectivity index (χ4n) is 4.43. The van der Waals surface area contributed by atoms with E-state index in [1.165, 1.54) is 0 Å². The van der Waals surface area contributed by atoms with E-state index in [0.717, 1.165) is 31.4 Å². The molecule has 3 aliphatic rings. The van der Waals surface area contributed by atoms with E-state index < -0.39 is 17.4 Å². The monoisotopic (exact) mass is 389 g/mol. The van der Waals surface area contributed by atoms with Gasteiger partial charge in [0.15, 0.2) is 0 Å². The third kappa shape index (κ3) is 3.17. The Morgan fingerprint density at radius 2 is 2.22 bits per heavy atom. The lowest BCUT2D eigenvalue weighted by molar-refractivity contribution is -0.152. The molecule has 1 spiro atoms. The van der Waals surface area contributed by atoms with Crippen molar-refractivity contribution in [1.29, 1.82) is 0 Å². The molecule has 3 aliphatic heterocycles. The largest absolute Gasteiger partial charge is 0.465 e. The molecular weight excluding hydrogens is 366 g/mol. The van der Waals surface area contributed by atoms with Gasteiger partial charge in [-0.25, -0.2) is 0 Å². The second kappa shape index (κ2) is 7.28. The van der Waals surface area contributed by atoms with Gasteiger partial charge in [0.05, 0.1) is 25.2 Å². The molecule has 5 nitrogen and oxygen atoms in total. The van der Waals surface area contributed by atoms with Crippen LogP contribution in [0.2, 0.25) is 5.02 Å². The van der Waals surface area contributed by atoms with Gasteiger partial charge in [-0.15, -0.1) is 0 Å². The summed E-state index contributed by atoms with van der Waals surface area (Å²) in [5.41, 5.74) is -0.0147. The molecular formula is C21H24ClNO4. The van der Waals surface area contributed by atoms with E-state index in [-0.39, 0.29) is 18.0 Å². The van der Waals surface area contributed by atoms with E-state index in [1.54, 1.807) is 17.0 Å². The average Bonchev–Trinajstić information content (AvgIpc) is 3.30. The predicted octanol–water partition coefficient (Wildman–Crippen LogP) is 3.75. The Hall–Kier alpha value is -1.85. The van der Waals surface area contributed by atoms with Crippen LogP contribution in [-0.2, 0) is 19.1 Å². The number of rotatable bonds is 7. The number of carbonyl (C=O) groups is 2. The third-order valence-electron chi connectivity index (χ3n) is 5.73. The number of nitrogens with zero attached hydrogens (tertiary/aromatic N) is 1. The number of carbonyl (C=O) groups excluding carboxylic acids is 2. The quantitative estimate of drug-likeness (QED) is 0.405. The number of halogens is 1. The third-order valence-corrected chi connectivity index (χ3v) is 5.97. The van der Waals surface area contributed by atoms with E-state index in [9.17, 15) is 9.59 Å². The van der Waals surface area contributed by atoms with Crippen molar-refractivity contribution in [1.82, 2.24) is 0 Å². The normalized spacial score (nSPS) is 30.8. The molecule has 4 atom stereocenters. The molecule has 0 aliphatic carbocycles. The molecule has 2 saturated heterocycles. The average molecular weight is 390 g/mol. The van der Waals surface area contributed by atoms with E-state index in [1.807, 2.05) is 24.3 Å². The second-order valence-corrected chi connectivity index (χ2v) is 7.97. The number of esters is 1. The summed E-state index contributed by atoms with van der Waals surface area (Å²) in [6.07, 6.45) is 7.63. The number of hydrogen-bond acceptors (Lipinski definition) is 4. The van der Waals surface area contributed by atoms with Gasteiger partial charge in [0.1, 0.15) is 11.5 Å². The summed E-state index contributed by atoms with van der Waals surface area (Å²) in [6, 6.07) is 7.19. The molecule has 0 aromatic heterocycles. The van der Waals surface area contributed by atoms with Crippen LogP contribution in [0.1, 0.15) is 32.6 Å². The van der Waals surface area contributed by atoms with Crippen LogP contribution in [0.15, 0.2) is 36.4 Å². The Bertz CT molecular complexity index is 779. The summed E-state index contributed by atoms with van der Waals surface area (Å²) in [5.74, 6) is -1.53. The van der Waals surface area contributed by atoms with Gasteiger partial charge in [0.2, 0.25) is 5.91 Å². The number of unbranched alkanes of at least 4 members (excludes halogenated alkanes) is 3. The molecule has 1 amide bonds. The highest BCUT2D eigenvalue weighted by atomic mass is 35.5. The molecule has 27 heavy (non-hydrogen) atoms. The molecule has 6 heteroatoms. The Morgan fingerprint density at radius 3 is 3.00 bits per heavy atom. The number of fused-ring (bicyclic) bond motifs is 1. The molecule has 1 aromatic rings. The highest BCUT2D eigenvalue weighted by Gasteiger charge is 2.67. The standard InChI is InChI=1S/C21H24ClNO4/c1-2-3-4-5-11-26-20(25)17-16-9-10-21(27-16)13-23(19(24)18(17)21)15-8-6-7-14(22)12-15/h6-10,12,16-18H,2-5,11,13H2,1H3/t16-,17+,18+,21-/m1/s1. The number of benzene rings is 1. The minimum Gasteiger partial charge on any atom is -0.465 e. The van der Waals surface area contributed by atoms with Crippen LogP contribution in [0.5, 0.6) is 0 Å². The first-order valence-electron chi connectivity index (χ1n) is 9.66. The van der Waals surface area contributed by atoms with E-state index >= 15 is 0 Å². The van der Waals surface area contributed by atoms with Crippen LogP contribution < -0.4 is 4.90 Å². The van der Waals surface area contributed by atoms with Gasteiger partial charge in [0, 0.05) is 10.7 Å². The van der Waals surface area contributed by atoms with Crippen molar-refractivity contribution in [3.05, 3.63) is 41.4 Å². The van der Waals surface area contributed by atoms with Crippen LogP contribution in [0.4, 0.5) is 5.69 Å². The van der Waals surface area contributed by atoms with Crippen LogP contribution in [-0.4, -0.2) is 36.7 Å². The Kier molecular flexibility index (Phi) is 4.99. The van der Waals surface area contributed by atoms with Gasteiger partial charge < -0.3 is 14.4 Å². The maximum Gasteiger partial charge on any atom is 0.312 e. The first kappa shape index (κ1) is 18.5. The summed E-state index contributed by atoms with van der Waals surface area (Å²) in [7, 11) is 0. The maximum atomic E-state index is 13.2. The lowest BCUT2D eigenvalue weighted by atomic mass is 9.77. The fraction of sp³-hybridized carbons (Fsp3) is 0.524. The lowest BCUT2D eigenvalue weighted by Crippen LogP contribution is -2.40. The van der Waals surface area contributed by atoms with Gasteiger partial charge in [-0.05, 0) is 24.6 Å². The van der Waals surface area contributed by atoms with Gasteiger partial charge >= 0.3 is 5.97 Å².